The Bertz CT molecular complexity index is 999. The largest absolute Gasteiger partial charge is 0.463 e. The first-order valence-electron chi connectivity index (χ1n) is 8.32. The molecule has 0 saturated carbocycles. The summed E-state index contributed by atoms with van der Waals surface area (Å²) in [4.78, 5) is 21.0. The Balaban J connectivity index is 2.27. The van der Waals surface area contributed by atoms with E-state index in [1.165, 1.54) is 0 Å². The zero-order valence-corrected chi connectivity index (χ0v) is 15.0. The van der Waals surface area contributed by atoms with Crippen molar-refractivity contribution in [2.75, 3.05) is 7.11 Å². The lowest BCUT2D eigenvalue weighted by Crippen LogP contribution is -2.24. The van der Waals surface area contributed by atoms with E-state index in [0.717, 1.165) is 5.56 Å². The Hall–Kier alpha value is -3.45. The number of para-hydroxylation sites is 1. The number of carbonyl (C=O) groups excluding carboxylic acids is 1. The van der Waals surface area contributed by atoms with Crippen molar-refractivity contribution in [3.8, 4) is 17.0 Å². The number of amides is 1. The molecule has 1 amide bonds. The number of rotatable bonds is 5. The van der Waals surface area contributed by atoms with Crippen LogP contribution in [-0.4, -0.2) is 30.3 Å². The molecule has 0 saturated heterocycles. The van der Waals surface area contributed by atoms with Crippen molar-refractivity contribution >= 4 is 22.8 Å². The molecule has 7 heteroatoms. The average Bonchev–Trinajstić information content (AvgIpc) is 2.67. The fourth-order valence-corrected chi connectivity index (χ4v) is 2.66. The van der Waals surface area contributed by atoms with Crippen molar-refractivity contribution in [3.63, 3.8) is 0 Å². The minimum atomic E-state index is -0.545. The lowest BCUT2D eigenvalue weighted by atomic mass is 10.0. The minimum Gasteiger partial charge on any atom is -0.463 e. The predicted molar refractivity (Wildman–Crippen MR) is 104 cm³/mol. The fourth-order valence-electron chi connectivity index (χ4n) is 2.66. The molecule has 1 unspecified atom stereocenters. The highest BCUT2D eigenvalue weighted by atomic mass is 16.7. The normalized spacial score (nSPS) is 11.8. The van der Waals surface area contributed by atoms with E-state index in [9.17, 15) is 4.79 Å². The van der Waals surface area contributed by atoms with E-state index < -0.39 is 12.2 Å². The number of carbonyl (C=O) groups is 1. The van der Waals surface area contributed by atoms with Crippen LogP contribution < -0.4 is 16.2 Å². The van der Waals surface area contributed by atoms with Gasteiger partial charge in [0.2, 0.25) is 0 Å². The molecule has 4 N–H and O–H groups in total. The summed E-state index contributed by atoms with van der Waals surface area (Å²) in [6.07, 6.45) is -0.477. The number of pyridine rings is 1. The van der Waals surface area contributed by atoms with Crippen LogP contribution >= 0.6 is 0 Å². The van der Waals surface area contributed by atoms with Gasteiger partial charge in [-0.3, -0.25) is 4.79 Å². The Kier molecular flexibility index (Phi) is 5.33. The number of methoxy groups -OCH3 is 1. The lowest BCUT2D eigenvalue weighted by molar-refractivity contribution is -0.0374. The van der Waals surface area contributed by atoms with E-state index in [4.69, 9.17) is 25.9 Å². The summed E-state index contributed by atoms with van der Waals surface area (Å²) in [7, 11) is 1.55. The average molecular weight is 364 g/mol. The molecule has 0 aliphatic rings. The van der Waals surface area contributed by atoms with Gasteiger partial charge in [-0.05, 0) is 19.1 Å². The molecule has 0 spiro atoms. The molecule has 27 heavy (non-hydrogen) atoms. The first kappa shape index (κ1) is 18.3. The summed E-state index contributed by atoms with van der Waals surface area (Å²) in [5.41, 5.74) is 13.1. The second-order valence-electron chi connectivity index (χ2n) is 5.84. The second kappa shape index (κ2) is 7.84. The Morgan fingerprint density at radius 1 is 1.11 bits per heavy atom. The van der Waals surface area contributed by atoms with Gasteiger partial charge in [-0.2, -0.15) is 4.99 Å². The molecule has 7 nitrogen and oxygen atoms in total. The van der Waals surface area contributed by atoms with E-state index in [1.54, 1.807) is 38.3 Å². The van der Waals surface area contributed by atoms with Crippen LogP contribution in [0.2, 0.25) is 0 Å². The van der Waals surface area contributed by atoms with Crippen molar-refractivity contribution < 1.29 is 14.3 Å². The zero-order valence-electron chi connectivity index (χ0n) is 15.0. The first-order valence-corrected chi connectivity index (χ1v) is 8.32. The fraction of sp³-hybridized carbons (Fsp3) is 0.150. The van der Waals surface area contributed by atoms with Crippen LogP contribution in [0.25, 0.3) is 22.2 Å². The van der Waals surface area contributed by atoms with Crippen molar-refractivity contribution in [2.24, 2.45) is 16.5 Å². The third-order valence-corrected chi connectivity index (χ3v) is 3.96. The summed E-state index contributed by atoms with van der Waals surface area (Å²) in [5, 5.41) is 0.588. The number of hydrogen-bond donors (Lipinski definition) is 2. The number of nitrogens with zero attached hydrogens (tertiary/aromatic N) is 2. The van der Waals surface area contributed by atoms with Crippen LogP contribution in [0.5, 0.6) is 5.75 Å². The second-order valence-corrected chi connectivity index (χ2v) is 5.84. The monoisotopic (exact) mass is 364 g/mol. The molecule has 3 rings (SSSR count). The number of aliphatic imine (C=N–C) groups is 1. The van der Waals surface area contributed by atoms with E-state index >= 15 is 0 Å². The van der Waals surface area contributed by atoms with Gasteiger partial charge in [0.25, 0.3) is 5.91 Å². The number of fused-ring (bicyclic) bond motifs is 1. The van der Waals surface area contributed by atoms with E-state index in [2.05, 4.69) is 4.99 Å². The maximum atomic E-state index is 12.6. The minimum absolute atomic E-state index is 0.299. The first-order chi connectivity index (χ1) is 13.0. The summed E-state index contributed by atoms with van der Waals surface area (Å²) in [6, 6.07) is 16.5. The summed E-state index contributed by atoms with van der Waals surface area (Å²) in [6.45, 7) is 1.77. The molecule has 1 aromatic heterocycles. The third-order valence-electron chi connectivity index (χ3n) is 3.96. The molecule has 138 valence electrons. The lowest BCUT2D eigenvalue weighted by Gasteiger charge is -2.15. The molecule has 0 aliphatic carbocycles. The van der Waals surface area contributed by atoms with Gasteiger partial charge in [0.05, 0.1) is 11.3 Å². The van der Waals surface area contributed by atoms with Gasteiger partial charge in [0, 0.05) is 18.1 Å². The Labute approximate surface area is 156 Å². The number of guanidine groups is 1. The molecular weight excluding hydrogens is 344 g/mol. The van der Waals surface area contributed by atoms with Gasteiger partial charge in [-0.15, -0.1) is 0 Å². The molecule has 3 aromatic rings. The van der Waals surface area contributed by atoms with Crippen molar-refractivity contribution in [1.29, 1.82) is 0 Å². The maximum Gasteiger partial charge on any atom is 0.280 e. The number of benzene rings is 2. The van der Waals surface area contributed by atoms with Gasteiger partial charge in [-0.1, -0.05) is 42.5 Å². The molecule has 0 aliphatic heterocycles. The third kappa shape index (κ3) is 4.04. The molecule has 0 fully saturated rings. The van der Waals surface area contributed by atoms with Crippen LogP contribution in [0, 0.1) is 0 Å². The molecule has 1 atom stereocenters. The van der Waals surface area contributed by atoms with Crippen LogP contribution in [0.4, 0.5) is 0 Å². The van der Waals surface area contributed by atoms with Gasteiger partial charge >= 0.3 is 0 Å². The Morgan fingerprint density at radius 2 is 1.85 bits per heavy atom. The topological polar surface area (TPSA) is 113 Å². The van der Waals surface area contributed by atoms with E-state index in [-0.39, 0.29) is 5.96 Å². The van der Waals surface area contributed by atoms with Gasteiger partial charge < -0.3 is 20.9 Å². The highest BCUT2D eigenvalue weighted by molar-refractivity contribution is 6.11. The van der Waals surface area contributed by atoms with Crippen molar-refractivity contribution in [1.82, 2.24) is 4.98 Å². The standard InChI is InChI=1S/C20H20N4O3/c1-12(26-2)27-17-10-6-9-14-15(19(25)24-20(21)22)11-16(23-18(14)17)13-7-4-3-5-8-13/h3-12H,1-2H3,(H4,21,22,24,25). The number of hydrogen-bond acceptors (Lipinski definition) is 4. The van der Waals surface area contributed by atoms with Crippen LogP contribution in [-0.2, 0) is 4.74 Å². The molecule has 0 radical (unpaired) electrons. The van der Waals surface area contributed by atoms with Crippen LogP contribution in [0.3, 0.4) is 0 Å². The quantitative estimate of drug-likeness (QED) is 0.409. The smallest absolute Gasteiger partial charge is 0.280 e. The molecule has 2 aromatic carbocycles. The SMILES string of the molecule is COC(C)Oc1cccc2c(C(=O)N=C(N)N)cc(-c3ccccc3)nc12. The van der Waals surface area contributed by atoms with Crippen LogP contribution in [0.1, 0.15) is 17.3 Å². The number of nitrogens with two attached hydrogens (primary N) is 2. The van der Waals surface area contributed by atoms with Gasteiger partial charge in [0.1, 0.15) is 11.3 Å². The number of aromatic nitrogens is 1. The van der Waals surface area contributed by atoms with Gasteiger partial charge in [-0.25, -0.2) is 4.98 Å². The highest BCUT2D eigenvalue weighted by Crippen LogP contribution is 2.31. The molecule has 1 heterocycles. The Morgan fingerprint density at radius 3 is 2.52 bits per heavy atom. The van der Waals surface area contributed by atoms with E-state index in [1.807, 2.05) is 30.3 Å². The van der Waals surface area contributed by atoms with E-state index in [0.29, 0.717) is 27.9 Å². The molecule has 0 bridgehead atoms. The highest BCUT2D eigenvalue weighted by Gasteiger charge is 2.17. The van der Waals surface area contributed by atoms with Gasteiger partial charge in [0.15, 0.2) is 12.2 Å². The van der Waals surface area contributed by atoms with Crippen LogP contribution in [0.15, 0.2) is 59.6 Å². The summed E-state index contributed by atoms with van der Waals surface area (Å²) in [5.74, 6) is -0.346. The maximum absolute atomic E-state index is 12.6. The molecular formula is C20H20N4O3. The van der Waals surface area contributed by atoms with Crippen molar-refractivity contribution in [3.05, 3.63) is 60.2 Å². The summed E-state index contributed by atoms with van der Waals surface area (Å²) < 4.78 is 11.0. The summed E-state index contributed by atoms with van der Waals surface area (Å²) >= 11 is 0. The zero-order chi connectivity index (χ0) is 19.4. The predicted octanol–water partition coefficient (Wildman–Crippen LogP) is 2.69. The number of ether oxygens (including phenoxy) is 2. The van der Waals surface area contributed by atoms with Crippen molar-refractivity contribution in [2.45, 2.75) is 13.2 Å².